The first kappa shape index (κ1) is 41.9. The molecule has 0 unspecified atom stereocenters. The Morgan fingerprint density at radius 1 is 0.761 bits per heavy atom. The van der Waals surface area contributed by atoms with Crippen LogP contribution in [0.3, 0.4) is 0 Å². The number of aromatic nitrogens is 4. The summed E-state index contributed by atoms with van der Waals surface area (Å²) in [6, 6.07) is 16.1. The van der Waals surface area contributed by atoms with Gasteiger partial charge in [-0.3, -0.25) is 4.90 Å². The van der Waals surface area contributed by atoms with Crippen LogP contribution in [-0.4, -0.2) is 62.8 Å². The van der Waals surface area contributed by atoms with E-state index in [2.05, 4.69) is 91.3 Å². The molecule has 0 saturated heterocycles. The molecule has 0 fully saturated rings. The van der Waals surface area contributed by atoms with Gasteiger partial charge < -0.3 is 19.3 Å². The minimum absolute atomic E-state index is 0.137. The first-order chi connectivity index (χ1) is 21.8. The van der Waals surface area contributed by atoms with Gasteiger partial charge in [-0.25, -0.2) is 15.0 Å². The minimum Gasteiger partial charge on any atom is -0.508 e. The number of nitrogens with zero attached hydrogens (tertiary/aromatic N) is 5. The van der Waals surface area contributed by atoms with E-state index in [0.29, 0.717) is 56.8 Å². The molecule has 0 bridgehead atoms. The molecule has 4 aromatic rings. The first-order valence-corrected chi connectivity index (χ1v) is 16.8. The summed E-state index contributed by atoms with van der Waals surface area (Å²) in [5.41, 5.74) is 1.76. The molecule has 9 nitrogen and oxygen atoms in total. The van der Waals surface area contributed by atoms with E-state index in [0.717, 1.165) is 17.7 Å². The van der Waals surface area contributed by atoms with Gasteiger partial charge in [0.25, 0.3) is 0 Å². The van der Waals surface area contributed by atoms with Crippen LogP contribution >= 0.6 is 66.7 Å². The monoisotopic (exact) mass is 821 g/mol. The lowest BCUT2D eigenvalue weighted by Crippen LogP contribution is -2.36. The van der Waals surface area contributed by atoms with Gasteiger partial charge in [0.05, 0.1) is 22.2 Å². The highest BCUT2D eigenvalue weighted by Gasteiger charge is 2.10. The molecule has 0 spiro atoms. The zero-order valence-corrected chi connectivity index (χ0v) is 32.3. The van der Waals surface area contributed by atoms with E-state index in [4.69, 9.17) is 54.1 Å². The van der Waals surface area contributed by atoms with Gasteiger partial charge in [0, 0.05) is 49.8 Å². The molecular weight excluding hydrogens is 785 g/mol. The van der Waals surface area contributed by atoms with Gasteiger partial charge in [-0.15, -0.1) is 0 Å². The maximum absolute atomic E-state index is 9.16. The number of hydrogen-bond acceptors (Lipinski definition) is 9. The van der Waals surface area contributed by atoms with Crippen molar-refractivity contribution in [3.8, 4) is 17.4 Å². The van der Waals surface area contributed by atoms with E-state index in [-0.39, 0.29) is 10.6 Å². The molecule has 4 rings (SSSR count). The summed E-state index contributed by atoms with van der Waals surface area (Å²) in [5, 5.41) is 9.78. The Kier molecular flexibility index (Phi) is 21.2. The zero-order chi connectivity index (χ0) is 34.6. The van der Waals surface area contributed by atoms with E-state index >= 15 is 0 Å². The van der Waals surface area contributed by atoms with Crippen LogP contribution in [0.1, 0.15) is 45.7 Å². The normalized spacial score (nSPS) is 10.4. The molecule has 252 valence electrons. The molecule has 0 saturated carbocycles. The maximum Gasteiger partial charge on any atom is 0.237 e. The van der Waals surface area contributed by atoms with Crippen molar-refractivity contribution >= 4 is 66.7 Å². The van der Waals surface area contributed by atoms with Gasteiger partial charge in [0.1, 0.15) is 16.7 Å². The Labute approximate surface area is 303 Å². The topological polar surface area (TPSA) is 103 Å². The van der Waals surface area contributed by atoms with Crippen LogP contribution in [0.4, 0.5) is 0 Å². The molecule has 14 heteroatoms. The van der Waals surface area contributed by atoms with Crippen LogP contribution in [0.25, 0.3) is 0 Å². The van der Waals surface area contributed by atoms with Gasteiger partial charge >= 0.3 is 0 Å². The lowest BCUT2D eigenvalue weighted by Gasteiger charge is -2.28. The number of rotatable bonds is 9. The molecule has 0 radical (unpaired) electrons. The second kappa shape index (κ2) is 23.3. The van der Waals surface area contributed by atoms with Crippen LogP contribution in [0.5, 0.6) is 17.4 Å². The standard InChI is InChI=1S/C12H10BrClN2O2.C8H19N.C8H10O2.C4HBrCl2N2/c1-17-7-8-4-2-3-5-10(8)18-11-9(13)6-15-12(14)16-11;1-6-9(7(2)3)8(4)5;1-10-6-7-4-2-3-5-8(7)9;5-2-1-8-4(7)9-3(2)6/h2-6H,7H2,1H3;7-8H,6H2,1-5H3;2-5,9H,6H2,1H3;1H. The Bertz CT molecular complexity index is 1450. The fourth-order valence-electron chi connectivity index (χ4n) is 3.83. The number of aromatic hydroxyl groups is 1. The summed E-state index contributed by atoms with van der Waals surface area (Å²) in [5.74, 6) is 1.35. The smallest absolute Gasteiger partial charge is 0.237 e. The number of phenolic OH excluding ortho intramolecular Hbond substituents is 1. The summed E-state index contributed by atoms with van der Waals surface area (Å²) >= 11 is 23.1. The van der Waals surface area contributed by atoms with Crippen molar-refractivity contribution < 1.29 is 19.3 Å². The van der Waals surface area contributed by atoms with E-state index in [9.17, 15) is 0 Å². The highest BCUT2D eigenvalue weighted by Crippen LogP contribution is 2.30. The fraction of sp³-hybridized carbons (Fsp3) is 0.375. The van der Waals surface area contributed by atoms with Crippen LogP contribution in [-0.2, 0) is 22.7 Å². The van der Waals surface area contributed by atoms with Crippen molar-refractivity contribution in [3.05, 3.63) is 96.7 Å². The highest BCUT2D eigenvalue weighted by atomic mass is 79.9. The van der Waals surface area contributed by atoms with Crippen molar-refractivity contribution in [3.63, 3.8) is 0 Å². The Balaban J connectivity index is 0.000000326. The summed E-state index contributed by atoms with van der Waals surface area (Å²) in [4.78, 5) is 17.6. The molecule has 0 aliphatic carbocycles. The molecular formula is C32H40Br2Cl3N5O4. The third kappa shape index (κ3) is 16.1. The summed E-state index contributed by atoms with van der Waals surface area (Å²) in [6.45, 7) is 13.3. The molecule has 1 N–H and O–H groups in total. The van der Waals surface area contributed by atoms with Gasteiger partial charge in [0.2, 0.25) is 16.4 Å². The molecule has 0 atom stereocenters. The average Bonchev–Trinajstić information content (AvgIpc) is 3.00. The predicted octanol–water partition coefficient (Wildman–Crippen LogP) is 10.0. The number of phenols is 1. The summed E-state index contributed by atoms with van der Waals surface area (Å²) in [6.07, 6.45) is 3.04. The molecule has 0 aliphatic rings. The van der Waals surface area contributed by atoms with Crippen molar-refractivity contribution in [1.29, 1.82) is 0 Å². The minimum atomic E-state index is 0.137. The van der Waals surface area contributed by atoms with E-state index in [1.807, 2.05) is 36.4 Å². The second-order valence-electron chi connectivity index (χ2n) is 9.79. The third-order valence-electron chi connectivity index (χ3n) is 5.82. The van der Waals surface area contributed by atoms with Gasteiger partial charge in [-0.1, -0.05) is 54.9 Å². The summed E-state index contributed by atoms with van der Waals surface area (Å²) in [7, 11) is 3.24. The van der Waals surface area contributed by atoms with Crippen LogP contribution in [0, 0.1) is 0 Å². The molecule has 46 heavy (non-hydrogen) atoms. The van der Waals surface area contributed by atoms with Crippen molar-refractivity contribution in [1.82, 2.24) is 24.8 Å². The number of ether oxygens (including phenoxy) is 3. The Morgan fingerprint density at radius 3 is 1.74 bits per heavy atom. The molecule has 0 aliphatic heterocycles. The van der Waals surface area contributed by atoms with Crippen LogP contribution in [0.15, 0.2) is 69.9 Å². The lowest BCUT2D eigenvalue weighted by atomic mass is 10.2. The average molecular weight is 825 g/mol. The molecule has 2 aromatic carbocycles. The number of benzene rings is 2. The predicted molar refractivity (Wildman–Crippen MR) is 193 cm³/mol. The first-order valence-electron chi connectivity index (χ1n) is 14.1. The van der Waals surface area contributed by atoms with Crippen molar-refractivity contribution in [2.45, 2.75) is 59.9 Å². The number of halogens is 5. The Morgan fingerprint density at radius 2 is 1.26 bits per heavy atom. The molecule has 2 heterocycles. The van der Waals surface area contributed by atoms with Gasteiger partial charge in [-0.2, -0.15) is 4.98 Å². The van der Waals surface area contributed by atoms with Crippen molar-refractivity contribution in [2.75, 3.05) is 20.8 Å². The SMILES string of the molecule is CCN(C(C)C)C(C)C.COCc1ccccc1O.COCc1ccccc1Oc1nc(Cl)ncc1Br.Clc1ncc(Br)c(Cl)n1. The number of hydrogen-bond donors (Lipinski definition) is 1. The van der Waals surface area contributed by atoms with Gasteiger partial charge in [-0.05, 0) is 101 Å². The van der Waals surface area contributed by atoms with Crippen LogP contribution < -0.4 is 4.74 Å². The lowest BCUT2D eigenvalue weighted by molar-refractivity contribution is 0.182. The number of para-hydroxylation sites is 2. The number of methoxy groups -OCH3 is 2. The fourth-order valence-corrected chi connectivity index (χ4v) is 4.72. The molecule has 0 amide bonds. The van der Waals surface area contributed by atoms with E-state index < -0.39 is 0 Å². The zero-order valence-electron chi connectivity index (χ0n) is 26.8. The summed E-state index contributed by atoms with van der Waals surface area (Å²) < 4.78 is 17.0. The van der Waals surface area contributed by atoms with Crippen LogP contribution in [0.2, 0.25) is 15.7 Å². The third-order valence-corrected chi connectivity index (χ3v) is 7.82. The highest BCUT2D eigenvalue weighted by molar-refractivity contribution is 9.10. The second-order valence-corrected chi connectivity index (χ2v) is 12.5. The quantitative estimate of drug-likeness (QED) is 0.131. The van der Waals surface area contributed by atoms with Crippen molar-refractivity contribution in [2.24, 2.45) is 0 Å². The van der Waals surface area contributed by atoms with Gasteiger partial charge in [0.15, 0.2) is 0 Å². The largest absolute Gasteiger partial charge is 0.508 e. The molecule has 2 aromatic heterocycles. The van der Waals surface area contributed by atoms with E-state index in [1.165, 1.54) is 6.20 Å². The Hall–Kier alpha value is -2.09. The van der Waals surface area contributed by atoms with E-state index in [1.54, 1.807) is 32.5 Å². The maximum atomic E-state index is 9.16.